The molecule has 0 spiro atoms. The van der Waals surface area contributed by atoms with Crippen molar-refractivity contribution in [2.45, 2.75) is 102 Å². The number of fused-ring (bicyclic) bond motifs is 3. The van der Waals surface area contributed by atoms with Gasteiger partial charge < -0.3 is 62.1 Å². The molecule has 6 heterocycles. The number of aryl methyl sites for hydroxylation is 1. The number of carboxylic acid groups (broad SMARTS) is 1. The second kappa shape index (κ2) is 29.6. The molecular formula is C52H75AlFN11O16. The van der Waals surface area contributed by atoms with Gasteiger partial charge in [0.1, 0.15) is 37.3 Å². The minimum absolute atomic E-state index is 0.101. The number of piperidine rings is 1. The summed E-state index contributed by atoms with van der Waals surface area (Å²) in [5, 5.41) is 23.1. The number of aliphatic carboxylic acids is 1. The molecule has 444 valence electrons. The van der Waals surface area contributed by atoms with Crippen LogP contribution in [0, 0.1) is 11.8 Å². The number of nitrogens with one attached hydrogen (secondary N) is 5. The molecule has 81 heavy (non-hydrogen) atoms. The molecular weight excluding hydrogens is 1080 g/mol. The fourth-order valence-electron chi connectivity index (χ4n) is 11.0. The number of rotatable bonds is 22. The van der Waals surface area contributed by atoms with Gasteiger partial charge in [0.05, 0.1) is 31.7 Å². The number of cyclic esters (lactones) is 1. The van der Waals surface area contributed by atoms with Crippen LogP contribution in [0.2, 0.25) is 0 Å². The molecule has 2 unspecified atom stereocenters. The zero-order chi connectivity index (χ0) is 58.3. The number of carbonyl (C=O) groups is 11. The maximum Gasteiger partial charge on any atom is 1.15 e. The third-order valence-electron chi connectivity index (χ3n) is 15.7. The van der Waals surface area contributed by atoms with Crippen LogP contribution in [0.5, 0.6) is 0 Å². The number of esters is 1. The van der Waals surface area contributed by atoms with Crippen LogP contribution in [-0.2, 0) is 82.6 Å². The number of halogens is 1. The Kier molecular flexibility index (Phi) is 22.7. The van der Waals surface area contributed by atoms with Crippen LogP contribution in [-0.4, -0.2) is 252 Å². The van der Waals surface area contributed by atoms with E-state index in [0.29, 0.717) is 70.9 Å². The standard InChI is InChI=1S/C52H77N11O16.Al.FH/c1-4-32(2)47(50(76)55-36-9-8-34-6-5-7-35-24-38(63(48(34)35)51(36)77)49(75)56-37-25-46(74)79-52(37)78-3)57-40(65)11-15-53-39(64)10-14-54-41(66)27-62(31-45(72)73)42(67)28-58-16-12-33(13-17-58)26-59-18-20-60(29-43(68)69)22-23-61(21-19-59)30-44(70)71;;/h5-7,32-33,36-38,47,52H,4,8-31H2,1-3H3,(H,53,64)(H,54,66)(H,55,76)(H,56,75)(H,57,65)(H,68,69)(H,70,71)(H,72,73);;1H/q;+3;/p-3/t32-,36-,37-,38-,47-,52+;;/m0../s1. The van der Waals surface area contributed by atoms with E-state index in [9.17, 15) is 61.4 Å². The van der Waals surface area contributed by atoms with Gasteiger partial charge in [-0.3, -0.25) is 72.3 Å². The minimum atomic E-state index is -3.91. The summed E-state index contributed by atoms with van der Waals surface area (Å²) >= 11 is -3.91. The Morgan fingerprint density at radius 2 is 1.42 bits per heavy atom. The predicted octanol–water partition coefficient (Wildman–Crippen LogP) is -3.08. The highest BCUT2D eigenvalue weighted by Gasteiger charge is 2.47. The van der Waals surface area contributed by atoms with Gasteiger partial charge in [0.2, 0.25) is 47.6 Å². The number of likely N-dealkylation sites (tertiary alicyclic amines) is 1. The number of ether oxygens (including phenoxy) is 2. The molecule has 0 saturated carbocycles. The van der Waals surface area contributed by atoms with Crippen molar-refractivity contribution >= 4 is 86.2 Å². The Labute approximate surface area is 474 Å². The van der Waals surface area contributed by atoms with Crippen LogP contribution in [0.25, 0.3) is 0 Å². The molecule has 0 radical (unpaired) electrons. The molecule has 1 aromatic carbocycles. The number of hydrogen-bond donors (Lipinski definition) is 6. The molecule has 29 heteroatoms. The van der Waals surface area contributed by atoms with Crippen molar-refractivity contribution in [2.75, 3.05) is 117 Å². The molecule has 4 saturated heterocycles. The minimum Gasteiger partial charge on any atom is -0.558 e. The summed E-state index contributed by atoms with van der Waals surface area (Å²) in [7, 11) is 1.35. The van der Waals surface area contributed by atoms with Crippen LogP contribution < -0.4 is 31.5 Å². The quantitative estimate of drug-likeness (QED) is 0.0495. The van der Waals surface area contributed by atoms with Gasteiger partial charge in [0, 0.05) is 85.3 Å². The van der Waals surface area contributed by atoms with Crippen LogP contribution in [0.3, 0.4) is 0 Å². The lowest BCUT2D eigenvalue weighted by molar-refractivity contribution is -0.160. The van der Waals surface area contributed by atoms with Gasteiger partial charge in [-0.2, -0.15) is 0 Å². The smallest absolute Gasteiger partial charge is 0.558 e. The van der Waals surface area contributed by atoms with E-state index < -0.39 is 124 Å². The Hall–Kier alpha value is -6.35. The third kappa shape index (κ3) is 17.8. The van der Waals surface area contributed by atoms with E-state index in [1.54, 1.807) is 6.92 Å². The van der Waals surface area contributed by atoms with Gasteiger partial charge in [0.25, 0.3) is 11.9 Å². The monoisotopic (exact) mass is 1160 g/mol. The van der Waals surface area contributed by atoms with E-state index in [-0.39, 0.29) is 76.7 Å². The molecule has 6 aliphatic rings. The molecule has 7 amide bonds. The highest BCUT2D eigenvalue weighted by atomic mass is 27.3. The lowest BCUT2D eigenvalue weighted by Gasteiger charge is -2.36. The Bertz CT molecular complexity index is 2470. The predicted molar refractivity (Wildman–Crippen MR) is 283 cm³/mol. The van der Waals surface area contributed by atoms with E-state index in [1.807, 2.05) is 39.8 Å². The second-order valence-electron chi connectivity index (χ2n) is 21.5. The number of carboxylic acids is 1. The average Bonchev–Trinajstić information content (AvgIpc) is 3.97. The number of anilines is 1. The molecule has 6 aliphatic heterocycles. The first kappa shape index (κ1) is 62.3. The molecule has 0 aliphatic carbocycles. The molecule has 8 atom stereocenters. The van der Waals surface area contributed by atoms with E-state index in [2.05, 4.69) is 31.5 Å². The van der Waals surface area contributed by atoms with E-state index in [0.717, 1.165) is 35.4 Å². The van der Waals surface area contributed by atoms with Gasteiger partial charge in [-0.25, -0.2) is 0 Å². The first-order valence-corrected chi connectivity index (χ1v) is 29.2. The van der Waals surface area contributed by atoms with E-state index in [4.69, 9.17) is 17.1 Å². The average molecular weight is 1160 g/mol. The molecule has 7 rings (SSSR count). The number of hydrogen-bond acceptors (Lipinski definition) is 19. The van der Waals surface area contributed by atoms with Gasteiger partial charge >= 0.3 is 27.2 Å². The highest BCUT2D eigenvalue weighted by molar-refractivity contribution is 6.41. The zero-order valence-corrected chi connectivity index (χ0v) is 47.3. The maximum absolute atomic E-state index is 14.4. The van der Waals surface area contributed by atoms with Crippen molar-refractivity contribution in [3.63, 3.8) is 0 Å². The van der Waals surface area contributed by atoms with Crippen molar-refractivity contribution in [3.8, 4) is 0 Å². The largest absolute Gasteiger partial charge is 1.15 e. The van der Waals surface area contributed by atoms with Crippen molar-refractivity contribution in [1.29, 1.82) is 0 Å². The SMILES string of the molecule is CC[C@H](C)[C@H](NC(=O)CCNC(=O)CCNC(=O)CN(CC(=O)O)C(=O)CN1CCC(CN2CCN3CCN(CC2)CC(=O)[O][Al]([F])[O]C(=O)C3)CC1)C(=O)N[C@H]1CCc2cccc3c2N(C1=O)[C@H](C(=O)N[C@H]1CC(=O)O[C@H]1OC)C3. The highest BCUT2D eigenvalue weighted by Crippen LogP contribution is 2.39. The topological polar surface area (TPSA) is 325 Å². The first-order chi connectivity index (χ1) is 38.8. The maximum atomic E-state index is 14.4. The van der Waals surface area contributed by atoms with E-state index >= 15 is 0 Å². The normalized spacial score (nSPS) is 24.5. The summed E-state index contributed by atoms with van der Waals surface area (Å²) in [5.74, 6) is -7.38. The van der Waals surface area contributed by atoms with Crippen molar-refractivity contribution in [3.05, 3.63) is 29.3 Å². The van der Waals surface area contributed by atoms with Gasteiger partial charge in [-0.1, -0.05) is 38.5 Å². The molecule has 4 fully saturated rings. The lowest BCUT2D eigenvalue weighted by Crippen LogP contribution is -2.59. The molecule has 6 N–H and O–H groups in total. The zero-order valence-electron chi connectivity index (χ0n) is 46.2. The van der Waals surface area contributed by atoms with Crippen molar-refractivity contribution < 1.29 is 78.4 Å². The molecule has 2 bridgehead atoms. The van der Waals surface area contributed by atoms with E-state index in [1.165, 1.54) is 12.0 Å². The number of nitrogens with zero attached hydrogens (tertiary/aromatic N) is 6. The summed E-state index contributed by atoms with van der Waals surface area (Å²) in [6.45, 7) is 6.92. The lowest BCUT2D eigenvalue weighted by atomic mass is 9.96. The third-order valence-corrected chi connectivity index (χ3v) is 16.6. The second-order valence-corrected chi connectivity index (χ2v) is 22.5. The summed E-state index contributed by atoms with van der Waals surface area (Å²) in [6.07, 6.45) is 1.33. The van der Waals surface area contributed by atoms with Crippen molar-refractivity contribution in [1.82, 2.24) is 51.1 Å². The van der Waals surface area contributed by atoms with Gasteiger partial charge in [-0.15, -0.1) is 0 Å². The number of amides is 7. The van der Waals surface area contributed by atoms with Gasteiger partial charge in [0.15, 0.2) is 0 Å². The Balaban J connectivity index is 0.812. The first-order valence-electron chi connectivity index (χ1n) is 27.8. The molecule has 27 nitrogen and oxygen atoms in total. The fourth-order valence-corrected chi connectivity index (χ4v) is 11.6. The van der Waals surface area contributed by atoms with Crippen LogP contribution in [0.4, 0.5) is 9.21 Å². The summed E-state index contributed by atoms with van der Waals surface area (Å²) < 4.78 is 33.9. The van der Waals surface area contributed by atoms with Gasteiger partial charge in [-0.05, 0) is 61.7 Å². The summed E-state index contributed by atoms with van der Waals surface area (Å²) in [6, 6.07) is 1.72. The Morgan fingerprint density at radius 3 is 2.06 bits per heavy atom. The van der Waals surface area contributed by atoms with Crippen LogP contribution >= 0.6 is 0 Å². The fraction of sp³-hybridized carbons (Fsp3) is 0.673. The number of para-hydroxylation sites is 1. The number of methoxy groups -OCH3 is 1. The Morgan fingerprint density at radius 1 is 0.790 bits per heavy atom. The number of benzene rings is 1. The van der Waals surface area contributed by atoms with Crippen molar-refractivity contribution in [2.24, 2.45) is 11.8 Å². The molecule has 0 aromatic heterocycles. The van der Waals surface area contributed by atoms with Crippen LogP contribution in [0.1, 0.15) is 69.9 Å². The summed E-state index contributed by atoms with van der Waals surface area (Å²) in [4.78, 5) is 153. The molecule has 1 aromatic rings. The summed E-state index contributed by atoms with van der Waals surface area (Å²) in [5.41, 5.74) is 2.23. The van der Waals surface area contributed by atoms with Crippen LogP contribution in [0.15, 0.2) is 18.2 Å². The number of carbonyl (C=O) groups excluding carboxylic acids is 10.